The lowest BCUT2D eigenvalue weighted by Crippen LogP contribution is -1.79. The molecule has 0 amide bonds. The molecule has 6 rings (SSSR count). The van der Waals surface area contributed by atoms with E-state index in [-0.39, 0.29) is 0 Å². The summed E-state index contributed by atoms with van der Waals surface area (Å²) in [7, 11) is 0. The van der Waals surface area contributed by atoms with E-state index in [0.29, 0.717) is 0 Å². The largest absolute Gasteiger partial charge is 0.150 e. The molecule has 0 fully saturated rings. The fourth-order valence-corrected chi connectivity index (χ4v) is 4.33. The molecule has 6 aromatic carbocycles. The Bertz CT molecular complexity index is 1470. The van der Waals surface area contributed by atoms with E-state index in [1.54, 1.807) is 0 Å². The van der Waals surface area contributed by atoms with Gasteiger partial charge in [0, 0.05) is 10.8 Å². The van der Waals surface area contributed by atoms with E-state index in [1.165, 1.54) is 32.3 Å². The molecule has 2 heteroatoms. The second-order valence-electron chi connectivity index (χ2n) is 7.52. The van der Waals surface area contributed by atoms with Crippen molar-refractivity contribution in [2.24, 2.45) is 10.2 Å². The Morgan fingerprint density at radius 3 is 1.23 bits per heavy atom. The molecule has 0 spiro atoms. The van der Waals surface area contributed by atoms with Crippen molar-refractivity contribution in [1.29, 1.82) is 0 Å². The molecule has 0 saturated heterocycles. The van der Waals surface area contributed by atoms with Crippen molar-refractivity contribution < 1.29 is 0 Å². The maximum atomic E-state index is 4.67. The first kappa shape index (κ1) is 16.9. The minimum Gasteiger partial charge on any atom is -0.150 e. The normalized spacial score (nSPS) is 11.9. The molecule has 0 aromatic heterocycles. The van der Waals surface area contributed by atoms with E-state index in [0.717, 1.165) is 22.1 Å². The Morgan fingerprint density at radius 2 is 0.733 bits per heavy atom. The van der Waals surface area contributed by atoms with Gasteiger partial charge in [0.2, 0.25) is 0 Å². The van der Waals surface area contributed by atoms with Crippen LogP contribution in [0.1, 0.15) is 0 Å². The van der Waals surface area contributed by atoms with Gasteiger partial charge in [0.25, 0.3) is 0 Å². The highest BCUT2D eigenvalue weighted by atomic mass is 15.1. The van der Waals surface area contributed by atoms with Crippen molar-refractivity contribution in [3.8, 4) is 0 Å². The number of hydrogen-bond donors (Lipinski definition) is 0. The monoisotopic (exact) mass is 382 g/mol. The zero-order valence-corrected chi connectivity index (χ0v) is 16.3. The molecule has 0 unspecified atom stereocenters. The van der Waals surface area contributed by atoms with Gasteiger partial charge in [-0.05, 0) is 44.5 Å². The van der Waals surface area contributed by atoms with Crippen LogP contribution in [0.15, 0.2) is 119 Å². The van der Waals surface area contributed by atoms with Crippen LogP contribution in [0.5, 0.6) is 0 Å². The van der Waals surface area contributed by atoms with E-state index in [4.69, 9.17) is 0 Å². The Balaban J connectivity index is 1.52. The van der Waals surface area contributed by atoms with Crippen LogP contribution >= 0.6 is 0 Å². The summed E-state index contributed by atoms with van der Waals surface area (Å²) in [5.41, 5.74) is 1.77. The van der Waals surface area contributed by atoms with Crippen LogP contribution in [0.3, 0.4) is 0 Å². The number of rotatable bonds is 2. The first-order valence-corrected chi connectivity index (χ1v) is 10.1. The maximum absolute atomic E-state index is 4.67. The molecule has 2 nitrogen and oxygen atoms in total. The summed E-state index contributed by atoms with van der Waals surface area (Å²) in [5.74, 6) is 0. The first-order valence-electron chi connectivity index (χ1n) is 10.1. The zero-order chi connectivity index (χ0) is 19.9. The van der Waals surface area contributed by atoms with Gasteiger partial charge in [-0.3, -0.25) is 0 Å². The maximum Gasteiger partial charge on any atom is 0.0935 e. The lowest BCUT2D eigenvalue weighted by Gasteiger charge is -2.07. The Morgan fingerprint density at radius 1 is 0.300 bits per heavy atom. The molecule has 0 N–H and O–H groups in total. The second-order valence-corrected chi connectivity index (χ2v) is 7.52. The van der Waals surface area contributed by atoms with E-state index in [1.807, 2.05) is 12.1 Å². The van der Waals surface area contributed by atoms with E-state index in [2.05, 4.69) is 107 Å². The summed E-state index contributed by atoms with van der Waals surface area (Å²) in [5, 5.41) is 18.9. The Kier molecular flexibility index (Phi) is 3.82. The van der Waals surface area contributed by atoms with Crippen LogP contribution in [0.25, 0.3) is 43.1 Å². The minimum atomic E-state index is 0.885. The molecule has 0 saturated carbocycles. The summed E-state index contributed by atoms with van der Waals surface area (Å²) in [4.78, 5) is 0. The second kappa shape index (κ2) is 6.78. The van der Waals surface area contributed by atoms with Gasteiger partial charge in [-0.15, -0.1) is 10.2 Å². The highest BCUT2D eigenvalue weighted by molar-refractivity contribution is 6.12. The smallest absolute Gasteiger partial charge is 0.0935 e. The number of hydrogen-bond acceptors (Lipinski definition) is 2. The van der Waals surface area contributed by atoms with Crippen LogP contribution in [0, 0.1) is 0 Å². The molecule has 0 atom stereocenters. The van der Waals surface area contributed by atoms with Crippen molar-refractivity contribution in [3.63, 3.8) is 0 Å². The van der Waals surface area contributed by atoms with Crippen molar-refractivity contribution in [1.82, 2.24) is 0 Å². The van der Waals surface area contributed by atoms with Gasteiger partial charge in [0.1, 0.15) is 0 Å². The molecule has 30 heavy (non-hydrogen) atoms. The molecule has 0 radical (unpaired) electrons. The summed E-state index contributed by atoms with van der Waals surface area (Å²) < 4.78 is 0. The topological polar surface area (TPSA) is 24.7 Å². The van der Waals surface area contributed by atoms with Crippen molar-refractivity contribution in [2.75, 3.05) is 0 Å². The third-order valence-corrected chi connectivity index (χ3v) is 5.79. The SMILES string of the molecule is c1ccc2c(c1)ccc1c(N=Nc3cccc4c3ccc3ccccc34)cccc12. The zero-order valence-electron chi connectivity index (χ0n) is 16.3. The summed E-state index contributed by atoms with van der Waals surface area (Å²) in [6.45, 7) is 0. The van der Waals surface area contributed by atoms with Crippen LogP contribution < -0.4 is 0 Å². The number of azo groups is 1. The predicted octanol–water partition coefficient (Wildman–Crippen LogP) is 8.71. The van der Waals surface area contributed by atoms with Crippen LogP contribution in [0.4, 0.5) is 11.4 Å². The lowest BCUT2D eigenvalue weighted by molar-refractivity contribution is 1.25. The van der Waals surface area contributed by atoms with Crippen molar-refractivity contribution in [3.05, 3.63) is 109 Å². The molecular formula is C28H18N2. The van der Waals surface area contributed by atoms with Crippen LogP contribution in [-0.4, -0.2) is 0 Å². The van der Waals surface area contributed by atoms with E-state index >= 15 is 0 Å². The average Bonchev–Trinajstić information content (AvgIpc) is 2.82. The van der Waals surface area contributed by atoms with Gasteiger partial charge in [-0.1, -0.05) is 97.1 Å². The summed E-state index contributed by atoms with van der Waals surface area (Å²) in [6, 6.07) is 38.0. The number of nitrogens with zero attached hydrogens (tertiary/aromatic N) is 2. The van der Waals surface area contributed by atoms with Crippen LogP contribution in [-0.2, 0) is 0 Å². The summed E-state index contributed by atoms with van der Waals surface area (Å²) in [6.07, 6.45) is 0. The van der Waals surface area contributed by atoms with Crippen molar-refractivity contribution >= 4 is 54.5 Å². The third-order valence-electron chi connectivity index (χ3n) is 5.79. The predicted molar refractivity (Wildman–Crippen MR) is 127 cm³/mol. The molecule has 140 valence electrons. The molecular weight excluding hydrogens is 364 g/mol. The van der Waals surface area contributed by atoms with Gasteiger partial charge in [0.05, 0.1) is 11.4 Å². The van der Waals surface area contributed by atoms with Gasteiger partial charge in [0.15, 0.2) is 0 Å². The first-order chi connectivity index (χ1) is 14.9. The molecule has 0 aliphatic heterocycles. The van der Waals surface area contributed by atoms with E-state index in [9.17, 15) is 0 Å². The van der Waals surface area contributed by atoms with Crippen molar-refractivity contribution in [2.45, 2.75) is 0 Å². The molecule has 6 aromatic rings. The van der Waals surface area contributed by atoms with E-state index < -0.39 is 0 Å². The standard InChI is InChI=1S/C28H18N2/c1-3-9-21-19(7-1)15-17-25-23(21)11-5-13-27(25)29-30-28-14-6-12-24-22-10-4-2-8-20(22)16-18-26(24)28/h1-18H. The van der Waals surface area contributed by atoms with Crippen LogP contribution in [0.2, 0.25) is 0 Å². The van der Waals surface area contributed by atoms with Gasteiger partial charge >= 0.3 is 0 Å². The molecule has 0 heterocycles. The average molecular weight is 382 g/mol. The highest BCUT2D eigenvalue weighted by Gasteiger charge is 2.06. The minimum absolute atomic E-state index is 0.885. The fraction of sp³-hybridized carbons (Fsp3) is 0. The fourth-order valence-electron chi connectivity index (χ4n) is 4.33. The Labute approximate surface area is 174 Å². The lowest BCUT2D eigenvalue weighted by atomic mass is 10.0. The van der Waals surface area contributed by atoms with Gasteiger partial charge in [-0.2, -0.15) is 0 Å². The molecule has 0 aliphatic carbocycles. The highest BCUT2D eigenvalue weighted by Crippen LogP contribution is 2.35. The number of benzene rings is 6. The van der Waals surface area contributed by atoms with Gasteiger partial charge < -0.3 is 0 Å². The number of fused-ring (bicyclic) bond motifs is 6. The third kappa shape index (κ3) is 2.66. The molecule has 0 bridgehead atoms. The summed E-state index contributed by atoms with van der Waals surface area (Å²) >= 11 is 0. The molecule has 0 aliphatic rings. The van der Waals surface area contributed by atoms with Gasteiger partial charge in [-0.25, -0.2) is 0 Å². The Hall–Kier alpha value is -4.04. The quantitative estimate of drug-likeness (QED) is 0.211.